The number of carbonyl (C=O) groups excluding carboxylic acids is 1. The predicted octanol–water partition coefficient (Wildman–Crippen LogP) is 1.77. The third-order valence-electron chi connectivity index (χ3n) is 3.02. The fourth-order valence-electron chi connectivity index (χ4n) is 1.80. The molecule has 0 aromatic heterocycles. The summed E-state index contributed by atoms with van der Waals surface area (Å²) < 4.78 is 15.0. The van der Waals surface area contributed by atoms with Gasteiger partial charge in [0.15, 0.2) is 6.29 Å². The van der Waals surface area contributed by atoms with E-state index in [-0.39, 0.29) is 13.0 Å². The average molecular weight is 311 g/mol. The summed E-state index contributed by atoms with van der Waals surface area (Å²) in [5.41, 5.74) is 0.823. The molecule has 0 saturated heterocycles. The molecule has 1 aromatic rings. The Morgan fingerprint density at radius 1 is 1.14 bits per heavy atom. The molecule has 0 bridgehead atoms. The highest BCUT2D eigenvalue weighted by Gasteiger charge is 2.22. The van der Waals surface area contributed by atoms with Gasteiger partial charge >= 0.3 is 12.1 Å². The van der Waals surface area contributed by atoms with Gasteiger partial charge < -0.3 is 24.6 Å². The molecule has 0 aliphatic heterocycles. The summed E-state index contributed by atoms with van der Waals surface area (Å²) in [6, 6.07) is 8.06. The summed E-state index contributed by atoms with van der Waals surface area (Å²) in [4.78, 5) is 22.8. The second-order valence-electron chi connectivity index (χ2n) is 4.58. The molecule has 0 heterocycles. The molecule has 0 saturated carbocycles. The summed E-state index contributed by atoms with van der Waals surface area (Å²) in [5, 5.41) is 11.4. The van der Waals surface area contributed by atoms with Crippen LogP contribution in [0.3, 0.4) is 0 Å². The summed E-state index contributed by atoms with van der Waals surface area (Å²) in [6.45, 7) is 0.0811. The number of alkyl carbamates (subject to hydrolysis) is 1. The Morgan fingerprint density at radius 2 is 1.77 bits per heavy atom. The van der Waals surface area contributed by atoms with E-state index in [1.54, 1.807) is 0 Å². The molecule has 1 aromatic carbocycles. The van der Waals surface area contributed by atoms with Crippen LogP contribution in [0, 0.1) is 0 Å². The number of carbonyl (C=O) groups is 2. The Labute approximate surface area is 129 Å². The number of carboxylic acids is 1. The van der Waals surface area contributed by atoms with E-state index in [0.29, 0.717) is 6.42 Å². The van der Waals surface area contributed by atoms with Crippen molar-refractivity contribution in [1.29, 1.82) is 0 Å². The van der Waals surface area contributed by atoms with E-state index in [1.807, 2.05) is 30.3 Å². The van der Waals surface area contributed by atoms with Gasteiger partial charge in [-0.1, -0.05) is 30.3 Å². The predicted molar refractivity (Wildman–Crippen MR) is 78.2 cm³/mol. The zero-order valence-electron chi connectivity index (χ0n) is 12.7. The average Bonchev–Trinajstić information content (AvgIpc) is 2.53. The second kappa shape index (κ2) is 9.75. The second-order valence-corrected chi connectivity index (χ2v) is 4.58. The molecule has 7 nitrogen and oxygen atoms in total. The van der Waals surface area contributed by atoms with Crippen molar-refractivity contribution in [3.05, 3.63) is 35.9 Å². The lowest BCUT2D eigenvalue weighted by molar-refractivity contribution is -0.141. The Balaban J connectivity index is 2.41. The van der Waals surface area contributed by atoms with E-state index in [2.05, 4.69) is 5.32 Å². The first-order valence-corrected chi connectivity index (χ1v) is 6.82. The van der Waals surface area contributed by atoms with Gasteiger partial charge in [0, 0.05) is 20.6 Å². The molecular formula is C15H21NO6. The minimum Gasteiger partial charge on any atom is -0.480 e. The van der Waals surface area contributed by atoms with Crippen LogP contribution in [0.1, 0.15) is 18.4 Å². The molecule has 2 N–H and O–H groups in total. The third-order valence-corrected chi connectivity index (χ3v) is 3.02. The maximum absolute atomic E-state index is 11.7. The number of hydrogen-bond acceptors (Lipinski definition) is 5. The molecule has 0 radical (unpaired) electrons. The van der Waals surface area contributed by atoms with E-state index in [9.17, 15) is 9.59 Å². The zero-order chi connectivity index (χ0) is 16.4. The lowest BCUT2D eigenvalue weighted by Crippen LogP contribution is -2.41. The number of aliphatic carboxylic acids is 1. The van der Waals surface area contributed by atoms with Crippen molar-refractivity contribution in [3.8, 4) is 0 Å². The fraction of sp³-hybridized carbons (Fsp3) is 0.467. The first kappa shape index (κ1) is 17.9. The van der Waals surface area contributed by atoms with Crippen LogP contribution in [-0.2, 0) is 25.6 Å². The van der Waals surface area contributed by atoms with E-state index in [4.69, 9.17) is 19.3 Å². The van der Waals surface area contributed by atoms with Gasteiger partial charge in [-0.2, -0.15) is 0 Å². The minimum absolute atomic E-state index is 0.0811. The number of ether oxygens (including phenoxy) is 3. The van der Waals surface area contributed by atoms with Gasteiger partial charge in [0.25, 0.3) is 0 Å². The molecule has 7 heteroatoms. The first-order valence-electron chi connectivity index (χ1n) is 6.82. The highest BCUT2D eigenvalue weighted by atomic mass is 16.7. The van der Waals surface area contributed by atoms with Gasteiger partial charge in [-0.3, -0.25) is 0 Å². The van der Waals surface area contributed by atoms with Crippen LogP contribution in [0.25, 0.3) is 0 Å². The van der Waals surface area contributed by atoms with Crippen molar-refractivity contribution in [2.45, 2.75) is 31.8 Å². The normalized spacial score (nSPS) is 12.0. The maximum Gasteiger partial charge on any atom is 0.408 e. The van der Waals surface area contributed by atoms with Crippen LogP contribution in [0.4, 0.5) is 4.79 Å². The van der Waals surface area contributed by atoms with Crippen LogP contribution in [0.5, 0.6) is 0 Å². The first-order chi connectivity index (χ1) is 10.6. The van der Waals surface area contributed by atoms with Crippen LogP contribution in [-0.4, -0.2) is 43.7 Å². The number of methoxy groups -OCH3 is 2. The van der Waals surface area contributed by atoms with E-state index in [1.165, 1.54) is 14.2 Å². The molecule has 1 amide bonds. The Bertz CT molecular complexity index is 460. The number of rotatable bonds is 9. The summed E-state index contributed by atoms with van der Waals surface area (Å²) in [7, 11) is 2.93. The zero-order valence-corrected chi connectivity index (χ0v) is 12.7. The smallest absolute Gasteiger partial charge is 0.408 e. The van der Waals surface area contributed by atoms with Crippen LogP contribution >= 0.6 is 0 Å². The van der Waals surface area contributed by atoms with E-state index < -0.39 is 24.4 Å². The van der Waals surface area contributed by atoms with E-state index >= 15 is 0 Å². The molecule has 122 valence electrons. The molecule has 0 fully saturated rings. The Morgan fingerprint density at radius 3 is 2.32 bits per heavy atom. The molecule has 1 rings (SSSR count). The number of amides is 1. The highest BCUT2D eigenvalue weighted by Crippen LogP contribution is 2.07. The Hall–Kier alpha value is -2.12. The lowest BCUT2D eigenvalue weighted by Gasteiger charge is -2.18. The summed E-state index contributed by atoms with van der Waals surface area (Å²) in [6.07, 6.45) is -0.781. The number of hydrogen-bond donors (Lipinski definition) is 2. The summed E-state index contributed by atoms with van der Waals surface area (Å²) >= 11 is 0. The molecule has 1 unspecified atom stereocenters. The third kappa shape index (κ3) is 6.55. The quantitative estimate of drug-likeness (QED) is 0.675. The Kier molecular flexibility index (Phi) is 7.95. The standard InChI is InChI=1S/C15H21NO6/c1-20-13(21-2)9-8-12(14(17)18)16-15(19)22-10-11-6-4-3-5-7-11/h3-7,12-13H,8-10H2,1-2H3,(H,16,19)(H,17,18). The number of benzene rings is 1. The maximum atomic E-state index is 11.7. The van der Waals surface area contributed by atoms with Crippen LogP contribution in [0.2, 0.25) is 0 Å². The largest absolute Gasteiger partial charge is 0.480 e. The minimum atomic E-state index is -1.14. The number of nitrogens with one attached hydrogen (secondary N) is 1. The van der Waals surface area contributed by atoms with Crippen molar-refractivity contribution < 1.29 is 28.9 Å². The molecule has 0 spiro atoms. The van der Waals surface area contributed by atoms with Crippen molar-refractivity contribution in [1.82, 2.24) is 5.32 Å². The molecule has 22 heavy (non-hydrogen) atoms. The van der Waals surface area contributed by atoms with Crippen LogP contribution < -0.4 is 5.32 Å². The lowest BCUT2D eigenvalue weighted by atomic mass is 10.1. The highest BCUT2D eigenvalue weighted by molar-refractivity contribution is 5.79. The van der Waals surface area contributed by atoms with Gasteiger partial charge in [-0.25, -0.2) is 9.59 Å². The van der Waals surface area contributed by atoms with Crippen molar-refractivity contribution in [3.63, 3.8) is 0 Å². The topological polar surface area (TPSA) is 94.1 Å². The van der Waals surface area contributed by atoms with E-state index in [0.717, 1.165) is 5.56 Å². The van der Waals surface area contributed by atoms with Crippen molar-refractivity contribution in [2.24, 2.45) is 0 Å². The van der Waals surface area contributed by atoms with Gasteiger partial charge in [0.1, 0.15) is 12.6 Å². The van der Waals surface area contributed by atoms with Crippen molar-refractivity contribution >= 4 is 12.1 Å². The molecular weight excluding hydrogens is 290 g/mol. The fourth-order valence-corrected chi connectivity index (χ4v) is 1.80. The van der Waals surface area contributed by atoms with Crippen LogP contribution in [0.15, 0.2) is 30.3 Å². The van der Waals surface area contributed by atoms with Gasteiger partial charge in [0.05, 0.1) is 0 Å². The molecule has 0 aliphatic rings. The summed E-state index contributed by atoms with van der Waals surface area (Å²) in [5.74, 6) is -1.14. The molecule has 1 atom stereocenters. The van der Waals surface area contributed by atoms with Crippen molar-refractivity contribution in [2.75, 3.05) is 14.2 Å². The number of carboxylic acid groups (broad SMARTS) is 1. The van der Waals surface area contributed by atoms with Gasteiger partial charge in [-0.05, 0) is 12.0 Å². The van der Waals surface area contributed by atoms with Gasteiger partial charge in [0.2, 0.25) is 0 Å². The molecule has 0 aliphatic carbocycles. The monoisotopic (exact) mass is 311 g/mol. The SMILES string of the molecule is COC(CCC(NC(=O)OCc1ccccc1)C(=O)O)OC. The van der Waals surface area contributed by atoms with Gasteiger partial charge in [-0.15, -0.1) is 0 Å².